The van der Waals surface area contributed by atoms with Crippen LogP contribution in [0.3, 0.4) is 0 Å². The first kappa shape index (κ1) is 21.3. The lowest BCUT2D eigenvalue weighted by molar-refractivity contribution is -0.384. The number of nitro groups is 1. The van der Waals surface area contributed by atoms with E-state index in [4.69, 9.17) is 0 Å². The number of aromatic nitrogens is 1. The summed E-state index contributed by atoms with van der Waals surface area (Å²) in [6.45, 7) is 1.85. The summed E-state index contributed by atoms with van der Waals surface area (Å²) in [5.74, 6) is -0.277. The molecule has 0 spiro atoms. The molecular weight excluding hydrogens is 424 g/mol. The maximum absolute atomic E-state index is 13.2. The van der Waals surface area contributed by atoms with Crippen molar-refractivity contribution in [3.05, 3.63) is 105 Å². The number of ketones is 1. The molecule has 0 unspecified atom stereocenters. The molecule has 0 bridgehead atoms. The highest BCUT2D eigenvalue weighted by Gasteiger charge is 2.21. The van der Waals surface area contributed by atoms with Crippen LogP contribution in [0.25, 0.3) is 5.52 Å². The van der Waals surface area contributed by atoms with Gasteiger partial charge in [0.25, 0.3) is 5.69 Å². The number of nitrogens with one attached hydrogen (secondary N) is 1. The molecule has 0 aliphatic heterocycles. The van der Waals surface area contributed by atoms with Gasteiger partial charge in [0.15, 0.2) is 0 Å². The number of carbonyl (C=O) groups is 1. The van der Waals surface area contributed by atoms with E-state index in [2.05, 4.69) is 10.5 Å². The van der Waals surface area contributed by atoms with Gasteiger partial charge in [0.05, 0.1) is 16.8 Å². The van der Waals surface area contributed by atoms with Crippen molar-refractivity contribution in [1.82, 2.24) is 4.40 Å². The number of thioether (sulfide) groups is 1. The Labute approximate surface area is 188 Å². The Bertz CT molecular complexity index is 1340. The monoisotopic (exact) mass is 444 g/mol. The van der Waals surface area contributed by atoms with Gasteiger partial charge in [-0.1, -0.05) is 18.2 Å². The van der Waals surface area contributed by atoms with Gasteiger partial charge in [0.1, 0.15) is 5.69 Å². The van der Waals surface area contributed by atoms with Crippen molar-refractivity contribution in [1.29, 1.82) is 0 Å². The van der Waals surface area contributed by atoms with E-state index in [1.807, 2.05) is 61.7 Å². The van der Waals surface area contributed by atoms with E-state index >= 15 is 0 Å². The predicted octanol–water partition coefficient (Wildman–Crippen LogP) is 5.55. The van der Waals surface area contributed by atoms with Crippen LogP contribution < -0.4 is 5.43 Å². The number of hydrogen-bond donors (Lipinski definition) is 1. The third-order valence-corrected chi connectivity index (χ3v) is 5.80. The normalized spacial score (nSPS) is 11.2. The van der Waals surface area contributed by atoms with Crippen molar-refractivity contribution >= 4 is 40.7 Å². The van der Waals surface area contributed by atoms with Gasteiger partial charge in [-0.15, -0.1) is 11.8 Å². The van der Waals surface area contributed by atoms with Gasteiger partial charge in [0, 0.05) is 28.2 Å². The summed E-state index contributed by atoms with van der Waals surface area (Å²) in [5.41, 5.74) is 6.00. The lowest BCUT2D eigenvalue weighted by Gasteiger charge is -2.07. The summed E-state index contributed by atoms with van der Waals surface area (Å²) in [7, 11) is 0. The van der Waals surface area contributed by atoms with Gasteiger partial charge in [-0.05, 0) is 66.8 Å². The summed E-state index contributed by atoms with van der Waals surface area (Å²) in [5, 5.41) is 15.8. The third kappa shape index (κ3) is 4.26. The molecule has 8 heteroatoms. The quantitative estimate of drug-likeness (QED) is 0.133. The van der Waals surface area contributed by atoms with Crippen molar-refractivity contribution in [2.45, 2.75) is 11.8 Å². The maximum atomic E-state index is 13.2. The lowest BCUT2D eigenvalue weighted by atomic mass is 10.0. The largest absolute Gasteiger partial charge is 0.313 e. The summed E-state index contributed by atoms with van der Waals surface area (Å²) in [4.78, 5) is 25.5. The zero-order valence-corrected chi connectivity index (χ0v) is 18.3. The molecule has 2 aromatic carbocycles. The predicted molar refractivity (Wildman–Crippen MR) is 128 cm³/mol. The van der Waals surface area contributed by atoms with Crippen LogP contribution in [0.15, 0.2) is 82.9 Å². The van der Waals surface area contributed by atoms with Crippen molar-refractivity contribution < 1.29 is 9.72 Å². The standard InChI is InChI=1S/C24H20N4O3S/c1-16-13-19-5-3-4-12-27(19)23(16)24(29)18-8-11-21(22(14-18)28(30)31)26-25-15-17-6-9-20(32-2)10-7-17/h3-15,26H,1-2H3. The molecule has 7 nitrogen and oxygen atoms in total. The zero-order chi connectivity index (χ0) is 22.7. The number of nitrogens with zero attached hydrogens (tertiary/aromatic N) is 3. The minimum absolute atomic E-state index is 0.209. The smallest absolute Gasteiger partial charge is 0.294 e. The summed E-state index contributed by atoms with van der Waals surface area (Å²) >= 11 is 1.64. The van der Waals surface area contributed by atoms with Gasteiger partial charge >= 0.3 is 0 Å². The van der Waals surface area contributed by atoms with Crippen molar-refractivity contribution in [2.75, 3.05) is 11.7 Å². The van der Waals surface area contributed by atoms with Crippen LogP contribution in [0.1, 0.15) is 27.2 Å². The van der Waals surface area contributed by atoms with E-state index < -0.39 is 4.92 Å². The highest BCUT2D eigenvalue weighted by Crippen LogP contribution is 2.28. The number of carbonyl (C=O) groups excluding carboxylic acids is 1. The molecule has 0 fully saturated rings. The molecule has 4 rings (SSSR count). The molecule has 0 saturated carbocycles. The topological polar surface area (TPSA) is 89.0 Å². The summed E-state index contributed by atoms with van der Waals surface area (Å²) < 4.78 is 1.79. The minimum Gasteiger partial charge on any atom is -0.313 e. The van der Waals surface area contributed by atoms with Crippen molar-refractivity contribution in [3.63, 3.8) is 0 Å². The number of rotatable bonds is 7. The number of anilines is 1. The summed E-state index contributed by atoms with van der Waals surface area (Å²) in [6.07, 6.45) is 5.39. The Balaban J connectivity index is 1.61. The number of fused-ring (bicyclic) bond motifs is 1. The van der Waals surface area contributed by atoms with Crippen LogP contribution in [0.5, 0.6) is 0 Å². The van der Waals surface area contributed by atoms with Crippen molar-refractivity contribution in [3.8, 4) is 0 Å². The van der Waals surface area contributed by atoms with E-state index in [1.165, 1.54) is 12.1 Å². The van der Waals surface area contributed by atoms with Crippen LogP contribution in [-0.2, 0) is 0 Å². The Morgan fingerprint density at radius 1 is 1.12 bits per heavy atom. The molecule has 160 valence electrons. The molecule has 0 radical (unpaired) electrons. The molecule has 1 N–H and O–H groups in total. The molecular formula is C24H20N4O3S. The van der Waals surface area contributed by atoms with E-state index in [0.29, 0.717) is 5.69 Å². The number of aryl methyl sites for hydroxylation is 1. The molecule has 0 atom stereocenters. The Kier molecular flexibility index (Phi) is 6.04. The van der Waals surface area contributed by atoms with Crippen LogP contribution in [0, 0.1) is 17.0 Å². The van der Waals surface area contributed by atoms with Gasteiger partial charge in [-0.3, -0.25) is 20.3 Å². The molecule has 32 heavy (non-hydrogen) atoms. The van der Waals surface area contributed by atoms with Crippen molar-refractivity contribution in [2.24, 2.45) is 5.10 Å². The fourth-order valence-corrected chi connectivity index (χ4v) is 3.88. The Morgan fingerprint density at radius 2 is 1.91 bits per heavy atom. The first-order chi connectivity index (χ1) is 15.5. The molecule has 4 aromatic rings. The number of benzene rings is 2. The number of pyridine rings is 1. The highest BCUT2D eigenvalue weighted by atomic mass is 32.2. The molecule has 2 aromatic heterocycles. The highest BCUT2D eigenvalue weighted by molar-refractivity contribution is 7.98. The SMILES string of the molecule is CSc1ccc(C=NNc2ccc(C(=O)c3c(C)cc4ccccn34)cc2[N+](=O)[O-])cc1. The second kappa shape index (κ2) is 9.07. The van der Waals surface area contributed by atoms with Crippen LogP contribution in [0.4, 0.5) is 11.4 Å². The second-order valence-corrected chi connectivity index (χ2v) is 8.01. The van der Waals surface area contributed by atoms with Gasteiger partial charge in [-0.2, -0.15) is 5.10 Å². The van der Waals surface area contributed by atoms with Gasteiger partial charge < -0.3 is 4.40 Å². The van der Waals surface area contributed by atoms with Crippen LogP contribution in [-0.4, -0.2) is 27.6 Å². The fraction of sp³-hybridized carbons (Fsp3) is 0.0833. The summed E-state index contributed by atoms with van der Waals surface area (Å²) in [6, 6.07) is 19.7. The Hall–Kier alpha value is -3.91. The Morgan fingerprint density at radius 3 is 2.62 bits per heavy atom. The van der Waals surface area contributed by atoms with Crippen LogP contribution >= 0.6 is 11.8 Å². The minimum atomic E-state index is -0.523. The first-order valence-corrected chi connectivity index (χ1v) is 11.0. The number of nitro benzene ring substituents is 1. The van der Waals surface area contributed by atoms with E-state index in [-0.39, 0.29) is 22.7 Å². The van der Waals surface area contributed by atoms with Gasteiger partial charge in [0.2, 0.25) is 5.78 Å². The van der Waals surface area contributed by atoms with Gasteiger partial charge in [-0.25, -0.2) is 0 Å². The molecule has 0 amide bonds. The van der Waals surface area contributed by atoms with E-state index in [0.717, 1.165) is 21.5 Å². The third-order valence-electron chi connectivity index (χ3n) is 5.06. The lowest BCUT2D eigenvalue weighted by Crippen LogP contribution is -2.08. The molecule has 2 heterocycles. The van der Waals surface area contributed by atoms with E-state index in [1.54, 1.807) is 34.6 Å². The number of hydrazone groups is 1. The second-order valence-electron chi connectivity index (χ2n) is 7.13. The average Bonchev–Trinajstić information content (AvgIpc) is 3.14. The zero-order valence-electron chi connectivity index (χ0n) is 17.5. The van der Waals surface area contributed by atoms with Crippen LogP contribution in [0.2, 0.25) is 0 Å². The average molecular weight is 445 g/mol. The maximum Gasteiger partial charge on any atom is 0.294 e. The molecule has 0 aliphatic carbocycles. The molecule has 0 aliphatic rings. The number of hydrogen-bond acceptors (Lipinski definition) is 6. The van der Waals surface area contributed by atoms with E-state index in [9.17, 15) is 14.9 Å². The molecule has 0 saturated heterocycles. The fourth-order valence-electron chi connectivity index (χ4n) is 3.47. The first-order valence-electron chi connectivity index (χ1n) is 9.81.